The monoisotopic (exact) mass is 297 g/mol. The lowest BCUT2D eigenvalue weighted by molar-refractivity contribution is -0.385. The fourth-order valence-corrected chi connectivity index (χ4v) is 4.30. The summed E-state index contributed by atoms with van der Waals surface area (Å²) in [6.45, 7) is 5.15. The van der Waals surface area contributed by atoms with Gasteiger partial charge < -0.3 is 4.52 Å². The molecule has 0 aliphatic carbocycles. The molecule has 0 saturated carbocycles. The van der Waals surface area contributed by atoms with E-state index < -0.39 is 12.6 Å². The molecule has 2 aliphatic heterocycles. The molecule has 0 bridgehead atoms. The lowest BCUT2D eigenvalue weighted by Crippen LogP contribution is -2.08. The molecule has 20 heavy (non-hydrogen) atoms. The number of hydrogen-bond acceptors (Lipinski definition) is 4. The zero-order chi connectivity index (χ0) is 14.3. The van der Waals surface area contributed by atoms with Gasteiger partial charge in [-0.15, -0.1) is 0 Å². The van der Waals surface area contributed by atoms with Crippen LogP contribution in [0, 0.1) is 17.0 Å². The average molecular weight is 297 g/mol. The summed E-state index contributed by atoms with van der Waals surface area (Å²) in [5, 5.41) is 10.8. The maximum atomic E-state index is 12.7. The van der Waals surface area contributed by atoms with E-state index in [-0.39, 0.29) is 12.3 Å². The van der Waals surface area contributed by atoms with Gasteiger partial charge in [0.1, 0.15) is 0 Å². The molecule has 0 N–H and O–H groups in total. The largest absolute Gasteiger partial charge is 0.346 e. The number of rotatable bonds is 6. The number of aryl methyl sites for hydroxylation is 1. The van der Waals surface area contributed by atoms with E-state index in [0.29, 0.717) is 5.56 Å². The van der Waals surface area contributed by atoms with E-state index in [4.69, 9.17) is 4.52 Å². The Kier molecular flexibility index (Phi) is 3.38. The van der Waals surface area contributed by atoms with Crippen LogP contribution in [0.2, 0.25) is 0 Å². The van der Waals surface area contributed by atoms with Crippen LogP contribution in [0.3, 0.4) is 0 Å². The second kappa shape index (κ2) is 4.93. The first kappa shape index (κ1) is 13.7. The predicted molar refractivity (Wildman–Crippen MR) is 73.4 cm³/mol. The van der Waals surface area contributed by atoms with Crippen LogP contribution in [0.4, 0.5) is 5.69 Å². The van der Waals surface area contributed by atoms with Crippen molar-refractivity contribution >= 4 is 13.4 Å². The van der Waals surface area contributed by atoms with Crippen molar-refractivity contribution in [3.8, 4) is 0 Å². The smallest absolute Gasteiger partial charge is 0.301 e. The van der Waals surface area contributed by atoms with Gasteiger partial charge in [-0.25, -0.2) is 9.34 Å². The molecule has 0 spiro atoms. The highest BCUT2D eigenvalue weighted by Crippen LogP contribution is 2.61. The maximum Gasteiger partial charge on any atom is 0.346 e. The standard InChI is InChI=1S/C12H16N3O4P/c1-10-8-11(2-3-12(10)15(16)17)9-19-20(18,13-4-5-13)14-6-7-14/h2-3,8H,4-7,9H2,1H3. The van der Waals surface area contributed by atoms with Crippen LogP contribution in [-0.4, -0.2) is 40.4 Å². The Hall–Kier alpha value is -1.27. The van der Waals surface area contributed by atoms with Gasteiger partial charge in [0, 0.05) is 37.8 Å². The van der Waals surface area contributed by atoms with Gasteiger partial charge in [0.2, 0.25) is 0 Å². The molecular weight excluding hydrogens is 281 g/mol. The first-order chi connectivity index (χ1) is 9.50. The first-order valence-corrected chi connectivity index (χ1v) is 8.03. The molecule has 2 fully saturated rings. The second-order valence-corrected chi connectivity index (χ2v) is 7.42. The number of nitrogens with zero attached hydrogens (tertiary/aromatic N) is 3. The van der Waals surface area contributed by atoms with Crippen LogP contribution >= 0.6 is 7.67 Å². The van der Waals surface area contributed by atoms with E-state index in [1.165, 1.54) is 6.07 Å². The molecule has 1 aromatic rings. The van der Waals surface area contributed by atoms with Crippen LogP contribution in [0.5, 0.6) is 0 Å². The van der Waals surface area contributed by atoms with Crippen LogP contribution in [-0.2, 0) is 15.7 Å². The summed E-state index contributed by atoms with van der Waals surface area (Å²) in [6.07, 6.45) is 0. The molecule has 3 rings (SSSR count). The highest BCUT2D eigenvalue weighted by atomic mass is 31.2. The van der Waals surface area contributed by atoms with Gasteiger partial charge in [-0.3, -0.25) is 14.7 Å². The van der Waals surface area contributed by atoms with E-state index in [1.807, 2.05) is 9.34 Å². The van der Waals surface area contributed by atoms with Crippen molar-refractivity contribution in [2.45, 2.75) is 13.5 Å². The molecule has 108 valence electrons. The molecule has 0 aromatic heterocycles. The average Bonchev–Trinajstić information content (AvgIpc) is 3.28. The summed E-state index contributed by atoms with van der Waals surface area (Å²) in [5.41, 5.74) is 1.48. The molecule has 0 amide bonds. The number of nitro groups is 1. The molecule has 7 nitrogen and oxygen atoms in total. The summed E-state index contributed by atoms with van der Waals surface area (Å²) in [7, 11) is -2.82. The Morgan fingerprint density at radius 2 is 1.90 bits per heavy atom. The van der Waals surface area contributed by atoms with E-state index in [0.717, 1.165) is 31.7 Å². The molecular formula is C12H16N3O4P. The SMILES string of the molecule is Cc1cc(COP(=O)(N2CC2)N2CC2)ccc1[N+](=O)[O-]. The van der Waals surface area contributed by atoms with Gasteiger partial charge in [0.25, 0.3) is 5.69 Å². The van der Waals surface area contributed by atoms with Crippen LogP contribution in [0.1, 0.15) is 11.1 Å². The molecule has 8 heteroatoms. The van der Waals surface area contributed by atoms with Crippen molar-refractivity contribution in [2.24, 2.45) is 0 Å². The molecule has 0 atom stereocenters. The van der Waals surface area contributed by atoms with Crippen LogP contribution < -0.4 is 0 Å². The molecule has 0 unspecified atom stereocenters. The Morgan fingerprint density at radius 3 is 2.35 bits per heavy atom. The third kappa shape index (κ3) is 2.62. The molecule has 2 aliphatic rings. The Labute approximate surface area is 116 Å². The molecule has 2 heterocycles. The predicted octanol–water partition coefficient (Wildman–Crippen LogP) is 2.16. The number of nitro benzene ring substituents is 1. The minimum Gasteiger partial charge on any atom is -0.301 e. The third-order valence-electron chi connectivity index (χ3n) is 3.42. The number of hydrogen-bond donors (Lipinski definition) is 0. The van der Waals surface area contributed by atoms with Gasteiger partial charge in [-0.05, 0) is 24.6 Å². The highest BCUT2D eigenvalue weighted by molar-refractivity contribution is 7.54. The molecule has 2 saturated heterocycles. The van der Waals surface area contributed by atoms with Gasteiger partial charge in [0.15, 0.2) is 0 Å². The van der Waals surface area contributed by atoms with Crippen molar-refractivity contribution in [3.05, 3.63) is 39.4 Å². The maximum absolute atomic E-state index is 12.7. The van der Waals surface area contributed by atoms with Gasteiger partial charge >= 0.3 is 7.67 Å². The lowest BCUT2D eigenvalue weighted by Gasteiger charge is -2.19. The Bertz CT molecular complexity index is 582. The van der Waals surface area contributed by atoms with Crippen molar-refractivity contribution in [1.29, 1.82) is 0 Å². The minimum atomic E-state index is -2.82. The topological polar surface area (TPSA) is 75.5 Å². The summed E-state index contributed by atoms with van der Waals surface area (Å²) >= 11 is 0. The highest BCUT2D eigenvalue weighted by Gasteiger charge is 2.49. The number of benzene rings is 1. The van der Waals surface area contributed by atoms with E-state index in [9.17, 15) is 14.7 Å². The summed E-state index contributed by atoms with van der Waals surface area (Å²) in [5.74, 6) is 0. The summed E-state index contributed by atoms with van der Waals surface area (Å²) in [6, 6.07) is 4.83. The molecule has 0 radical (unpaired) electrons. The second-order valence-electron chi connectivity index (χ2n) is 5.05. The first-order valence-electron chi connectivity index (χ1n) is 6.50. The minimum absolute atomic E-state index is 0.0915. The zero-order valence-corrected chi connectivity index (χ0v) is 12.1. The normalized spacial score (nSPS) is 19.1. The Balaban J connectivity index is 1.70. The Morgan fingerprint density at radius 1 is 1.30 bits per heavy atom. The van der Waals surface area contributed by atoms with Gasteiger partial charge in [-0.2, -0.15) is 0 Å². The van der Waals surface area contributed by atoms with Crippen LogP contribution in [0.25, 0.3) is 0 Å². The van der Waals surface area contributed by atoms with E-state index >= 15 is 0 Å². The fourth-order valence-electron chi connectivity index (χ4n) is 2.11. The van der Waals surface area contributed by atoms with Gasteiger partial charge in [0.05, 0.1) is 11.5 Å². The van der Waals surface area contributed by atoms with Crippen molar-refractivity contribution < 1.29 is 14.0 Å². The van der Waals surface area contributed by atoms with Crippen LogP contribution in [0.15, 0.2) is 18.2 Å². The zero-order valence-electron chi connectivity index (χ0n) is 11.2. The van der Waals surface area contributed by atoms with Crippen molar-refractivity contribution in [1.82, 2.24) is 9.34 Å². The summed E-state index contributed by atoms with van der Waals surface area (Å²) in [4.78, 5) is 10.4. The van der Waals surface area contributed by atoms with Crippen molar-refractivity contribution in [3.63, 3.8) is 0 Å². The van der Waals surface area contributed by atoms with E-state index in [2.05, 4.69) is 0 Å². The fraction of sp³-hybridized carbons (Fsp3) is 0.500. The van der Waals surface area contributed by atoms with E-state index in [1.54, 1.807) is 19.1 Å². The third-order valence-corrected chi connectivity index (χ3v) is 6.11. The van der Waals surface area contributed by atoms with Crippen molar-refractivity contribution in [2.75, 3.05) is 26.2 Å². The summed E-state index contributed by atoms with van der Waals surface area (Å²) < 4.78 is 22.0. The molecule has 1 aromatic carbocycles. The lowest BCUT2D eigenvalue weighted by atomic mass is 10.1. The van der Waals surface area contributed by atoms with Gasteiger partial charge in [-0.1, -0.05) is 0 Å². The quantitative estimate of drug-likeness (QED) is 0.346.